The SMILES string of the molecule is C=NC(=C)N1CCCCC1C. The van der Waals surface area contributed by atoms with Crippen molar-refractivity contribution in [3.63, 3.8) is 0 Å². The van der Waals surface area contributed by atoms with Crippen LogP contribution in [0.25, 0.3) is 0 Å². The van der Waals surface area contributed by atoms with E-state index in [0.29, 0.717) is 6.04 Å². The molecular weight excluding hydrogens is 136 g/mol. The normalized spacial score (nSPS) is 24.8. The zero-order valence-corrected chi connectivity index (χ0v) is 7.21. The monoisotopic (exact) mass is 152 g/mol. The van der Waals surface area contributed by atoms with E-state index in [-0.39, 0.29) is 0 Å². The van der Waals surface area contributed by atoms with E-state index in [1.165, 1.54) is 19.3 Å². The number of likely N-dealkylation sites (tertiary alicyclic amines) is 1. The molecule has 1 rings (SSSR count). The van der Waals surface area contributed by atoms with Crippen molar-refractivity contribution in [1.82, 2.24) is 4.90 Å². The first kappa shape index (κ1) is 8.31. The van der Waals surface area contributed by atoms with Gasteiger partial charge in [0.2, 0.25) is 0 Å². The third-order valence-corrected chi connectivity index (χ3v) is 2.32. The number of nitrogens with zero attached hydrogens (tertiary/aromatic N) is 2. The van der Waals surface area contributed by atoms with Crippen molar-refractivity contribution in [1.29, 1.82) is 0 Å². The van der Waals surface area contributed by atoms with E-state index in [1.54, 1.807) is 0 Å². The number of hydrogen-bond donors (Lipinski definition) is 0. The minimum atomic E-state index is 0.599. The van der Waals surface area contributed by atoms with Crippen LogP contribution in [-0.2, 0) is 0 Å². The molecule has 0 aromatic heterocycles. The van der Waals surface area contributed by atoms with Gasteiger partial charge in [0.05, 0.1) is 0 Å². The van der Waals surface area contributed by atoms with Gasteiger partial charge in [-0.1, -0.05) is 6.58 Å². The number of piperidine rings is 1. The summed E-state index contributed by atoms with van der Waals surface area (Å²) in [4.78, 5) is 6.08. The first-order chi connectivity index (χ1) is 5.25. The highest BCUT2D eigenvalue weighted by Gasteiger charge is 2.18. The molecule has 1 atom stereocenters. The molecule has 1 saturated heterocycles. The molecule has 0 amide bonds. The molecule has 62 valence electrons. The average molecular weight is 152 g/mol. The van der Waals surface area contributed by atoms with Gasteiger partial charge in [0.1, 0.15) is 5.82 Å². The fraction of sp³-hybridized carbons (Fsp3) is 0.667. The first-order valence-electron chi connectivity index (χ1n) is 4.18. The number of rotatable bonds is 2. The second-order valence-electron chi connectivity index (χ2n) is 3.11. The smallest absolute Gasteiger partial charge is 0.120 e. The summed E-state index contributed by atoms with van der Waals surface area (Å²) in [5, 5.41) is 0. The van der Waals surface area contributed by atoms with Crippen LogP contribution in [0.4, 0.5) is 0 Å². The van der Waals surface area contributed by atoms with Crippen LogP contribution >= 0.6 is 0 Å². The van der Waals surface area contributed by atoms with E-state index in [9.17, 15) is 0 Å². The van der Waals surface area contributed by atoms with E-state index in [2.05, 4.69) is 30.1 Å². The van der Waals surface area contributed by atoms with Gasteiger partial charge in [0.15, 0.2) is 0 Å². The van der Waals surface area contributed by atoms with Crippen LogP contribution < -0.4 is 0 Å². The van der Waals surface area contributed by atoms with Crippen molar-refractivity contribution in [2.45, 2.75) is 32.2 Å². The lowest BCUT2D eigenvalue weighted by molar-refractivity contribution is 0.208. The Labute approximate surface area is 68.6 Å². The molecule has 0 saturated carbocycles. The molecule has 1 heterocycles. The van der Waals surface area contributed by atoms with E-state index >= 15 is 0 Å². The molecule has 1 fully saturated rings. The van der Waals surface area contributed by atoms with Gasteiger partial charge < -0.3 is 4.90 Å². The summed E-state index contributed by atoms with van der Waals surface area (Å²) in [7, 11) is 0. The third-order valence-electron chi connectivity index (χ3n) is 2.32. The first-order valence-corrected chi connectivity index (χ1v) is 4.18. The largest absolute Gasteiger partial charge is 0.354 e. The molecule has 0 N–H and O–H groups in total. The molecule has 2 nitrogen and oxygen atoms in total. The van der Waals surface area contributed by atoms with Crippen LogP contribution in [0.2, 0.25) is 0 Å². The predicted octanol–water partition coefficient (Wildman–Crippen LogP) is 2.03. The molecule has 2 heteroatoms. The Kier molecular flexibility index (Phi) is 2.69. The van der Waals surface area contributed by atoms with Crippen LogP contribution in [0.1, 0.15) is 26.2 Å². The van der Waals surface area contributed by atoms with Crippen molar-refractivity contribution < 1.29 is 0 Å². The molecule has 0 bridgehead atoms. The van der Waals surface area contributed by atoms with Crippen LogP contribution in [0.5, 0.6) is 0 Å². The molecule has 0 aromatic carbocycles. The summed E-state index contributed by atoms with van der Waals surface area (Å²) in [6.45, 7) is 10.6. The minimum absolute atomic E-state index is 0.599. The van der Waals surface area contributed by atoms with Gasteiger partial charge in [-0.15, -0.1) is 0 Å². The van der Waals surface area contributed by atoms with Gasteiger partial charge in [0, 0.05) is 12.6 Å². The molecule has 0 aromatic rings. The Hall–Kier alpha value is -0.790. The topological polar surface area (TPSA) is 15.6 Å². The van der Waals surface area contributed by atoms with Gasteiger partial charge in [-0.05, 0) is 32.9 Å². The summed E-state index contributed by atoms with van der Waals surface area (Å²) in [6, 6.07) is 0.599. The van der Waals surface area contributed by atoms with Crippen molar-refractivity contribution in [2.75, 3.05) is 6.54 Å². The van der Waals surface area contributed by atoms with Crippen LogP contribution in [0.3, 0.4) is 0 Å². The second kappa shape index (κ2) is 3.56. The van der Waals surface area contributed by atoms with Crippen molar-refractivity contribution >= 4 is 6.72 Å². The Bertz CT molecular complexity index is 163. The summed E-state index contributed by atoms with van der Waals surface area (Å²) < 4.78 is 0. The molecule has 1 aliphatic heterocycles. The summed E-state index contributed by atoms with van der Waals surface area (Å²) in [5.74, 6) is 0.831. The van der Waals surface area contributed by atoms with Crippen LogP contribution in [-0.4, -0.2) is 24.2 Å². The molecule has 0 aliphatic carbocycles. The summed E-state index contributed by atoms with van der Waals surface area (Å²) in [6.07, 6.45) is 3.86. The lowest BCUT2D eigenvalue weighted by Gasteiger charge is -2.34. The molecular formula is C9H16N2. The second-order valence-corrected chi connectivity index (χ2v) is 3.11. The van der Waals surface area contributed by atoms with E-state index < -0.39 is 0 Å². The van der Waals surface area contributed by atoms with E-state index in [4.69, 9.17) is 0 Å². The van der Waals surface area contributed by atoms with Crippen LogP contribution in [0, 0.1) is 0 Å². The molecule has 1 unspecified atom stereocenters. The fourth-order valence-corrected chi connectivity index (χ4v) is 1.57. The quantitative estimate of drug-likeness (QED) is 0.553. The molecule has 0 radical (unpaired) electrons. The predicted molar refractivity (Wildman–Crippen MR) is 48.7 cm³/mol. The van der Waals surface area contributed by atoms with Crippen molar-refractivity contribution in [3.8, 4) is 0 Å². The van der Waals surface area contributed by atoms with Gasteiger partial charge in [-0.25, -0.2) is 4.99 Å². The van der Waals surface area contributed by atoms with Crippen molar-refractivity contribution in [3.05, 3.63) is 12.4 Å². The molecule has 11 heavy (non-hydrogen) atoms. The zero-order chi connectivity index (χ0) is 8.27. The maximum absolute atomic E-state index is 3.84. The summed E-state index contributed by atoms with van der Waals surface area (Å²) >= 11 is 0. The highest BCUT2D eigenvalue weighted by atomic mass is 15.2. The van der Waals surface area contributed by atoms with Gasteiger partial charge in [0.25, 0.3) is 0 Å². The zero-order valence-electron chi connectivity index (χ0n) is 7.21. The summed E-state index contributed by atoms with van der Waals surface area (Å²) in [5.41, 5.74) is 0. The Morgan fingerprint density at radius 3 is 2.82 bits per heavy atom. The van der Waals surface area contributed by atoms with Gasteiger partial charge in [-0.3, -0.25) is 0 Å². The van der Waals surface area contributed by atoms with Crippen molar-refractivity contribution in [2.24, 2.45) is 4.99 Å². The van der Waals surface area contributed by atoms with Gasteiger partial charge >= 0.3 is 0 Å². The highest BCUT2D eigenvalue weighted by molar-refractivity contribution is 5.27. The van der Waals surface area contributed by atoms with E-state index in [1.807, 2.05) is 0 Å². The maximum Gasteiger partial charge on any atom is 0.120 e. The van der Waals surface area contributed by atoms with Gasteiger partial charge in [-0.2, -0.15) is 0 Å². The Morgan fingerprint density at radius 2 is 2.27 bits per heavy atom. The average Bonchev–Trinajstić information content (AvgIpc) is 2.04. The molecule has 1 aliphatic rings. The number of hydrogen-bond acceptors (Lipinski definition) is 2. The minimum Gasteiger partial charge on any atom is -0.354 e. The Morgan fingerprint density at radius 1 is 1.55 bits per heavy atom. The number of aliphatic imine (C=N–C) groups is 1. The third kappa shape index (κ3) is 1.82. The fourth-order valence-electron chi connectivity index (χ4n) is 1.57. The van der Waals surface area contributed by atoms with E-state index in [0.717, 1.165) is 12.4 Å². The van der Waals surface area contributed by atoms with Crippen LogP contribution in [0.15, 0.2) is 17.4 Å². The highest BCUT2D eigenvalue weighted by Crippen LogP contribution is 2.20. The Balaban J connectivity index is 2.53. The maximum atomic E-state index is 3.84. The molecule has 0 spiro atoms. The lowest BCUT2D eigenvalue weighted by atomic mass is 10.0. The lowest BCUT2D eigenvalue weighted by Crippen LogP contribution is -2.35. The standard InChI is InChI=1S/C9H16N2/c1-8-6-4-5-7-11(8)9(2)10-3/h8H,2-7H2,1H3.